The Morgan fingerprint density at radius 1 is 1.40 bits per heavy atom. The minimum atomic E-state index is -3.00. The number of amides is 1. The van der Waals surface area contributed by atoms with Gasteiger partial charge in [0, 0.05) is 11.6 Å². The van der Waals surface area contributed by atoms with Crippen LogP contribution in [0.1, 0.15) is 6.42 Å². The zero-order valence-electron chi connectivity index (χ0n) is 13.5. The van der Waals surface area contributed by atoms with Gasteiger partial charge in [0.05, 0.1) is 18.1 Å². The lowest BCUT2D eigenvalue weighted by molar-refractivity contribution is -0.117. The second-order valence-electron chi connectivity index (χ2n) is 5.91. The standard InChI is InChI=1S/C15H17FN4O3S2/c1-20(10-6-7-25(22,23)9-10)8-13(21)17-15-19-18-14(24-15)11-4-2-3-5-12(11)16/h2-5,10H,6-9H2,1H3,(H,17,19,21). The lowest BCUT2D eigenvalue weighted by atomic mass is 10.2. The van der Waals surface area contributed by atoms with Crippen molar-refractivity contribution in [2.24, 2.45) is 0 Å². The molecule has 134 valence electrons. The van der Waals surface area contributed by atoms with Gasteiger partial charge in [-0.05, 0) is 25.6 Å². The summed E-state index contributed by atoms with van der Waals surface area (Å²) < 4.78 is 36.8. The number of rotatable bonds is 5. The molecule has 1 atom stereocenters. The van der Waals surface area contributed by atoms with Crippen LogP contribution in [0.4, 0.5) is 9.52 Å². The molecule has 0 bridgehead atoms. The van der Waals surface area contributed by atoms with E-state index in [0.717, 1.165) is 11.3 Å². The van der Waals surface area contributed by atoms with Crippen molar-refractivity contribution in [2.45, 2.75) is 12.5 Å². The number of carbonyl (C=O) groups excluding carboxylic acids is 1. The summed E-state index contributed by atoms with van der Waals surface area (Å²) >= 11 is 1.08. The maximum atomic E-state index is 13.8. The van der Waals surface area contributed by atoms with Crippen LogP contribution >= 0.6 is 11.3 Å². The molecule has 10 heteroatoms. The number of nitrogens with one attached hydrogen (secondary N) is 1. The molecule has 0 saturated carbocycles. The van der Waals surface area contributed by atoms with Crippen LogP contribution in [0.3, 0.4) is 0 Å². The van der Waals surface area contributed by atoms with Gasteiger partial charge in [-0.1, -0.05) is 23.5 Å². The molecule has 1 aliphatic heterocycles. The molecule has 1 aliphatic rings. The van der Waals surface area contributed by atoms with Crippen molar-refractivity contribution in [3.63, 3.8) is 0 Å². The molecule has 25 heavy (non-hydrogen) atoms. The molecule has 0 spiro atoms. The van der Waals surface area contributed by atoms with Crippen molar-refractivity contribution < 1.29 is 17.6 Å². The third-order valence-electron chi connectivity index (χ3n) is 4.00. The molecule has 1 unspecified atom stereocenters. The van der Waals surface area contributed by atoms with E-state index in [-0.39, 0.29) is 35.1 Å². The molecule has 2 heterocycles. The SMILES string of the molecule is CN(CC(=O)Nc1nnc(-c2ccccc2F)s1)C1CCS(=O)(=O)C1. The number of anilines is 1. The summed E-state index contributed by atoms with van der Waals surface area (Å²) in [6, 6.07) is 6.05. The predicted molar refractivity (Wildman–Crippen MR) is 93.6 cm³/mol. The van der Waals surface area contributed by atoms with E-state index in [4.69, 9.17) is 0 Å². The van der Waals surface area contributed by atoms with Gasteiger partial charge in [0.2, 0.25) is 11.0 Å². The Balaban J connectivity index is 1.60. The fraction of sp³-hybridized carbons (Fsp3) is 0.400. The molecule has 1 saturated heterocycles. The third-order valence-corrected chi connectivity index (χ3v) is 6.62. The average Bonchev–Trinajstić information content (AvgIpc) is 3.14. The van der Waals surface area contributed by atoms with Crippen molar-refractivity contribution in [3.05, 3.63) is 30.1 Å². The van der Waals surface area contributed by atoms with Gasteiger partial charge in [-0.25, -0.2) is 12.8 Å². The van der Waals surface area contributed by atoms with Crippen LogP contribution in [0.2, 0.25) is 0 Å². The molecule has 1 aromatic carbocycles. The lowest BCUT2D eigenvalue weighted by Gasteiger charge is -2.21. The first-order chi connectivity index (χ1) is 11.8. The number of halogens is 1. The van der Waals surface area contributed by atoms with Gasteiger partial charge in [-0.3, -0.25) is 15.0 Å². The zero-order valence-corrected chi connectivity index (χ0v) is 15.1. The Morgan fingerprint density at radius 2 is 2.16 bits per heavy atom. The van der Waals surface area contributed by atoms with E-state index < -0.39 is 15.7 Å². The third kappa shape index (κ3) is 4.39. The van der Waals surface area contributed by atoms with E-state index in [0.29, 0.717) is 17.0 Å². The molecule has 3 rings (SSSR count). The quantitative estimate of drug-likeness (QED) is 0.838. The smallest absolute Gasteiger partial charge is 0.240 e. The topological polar surface area (TPSA) is 92.3 Å². The van der Waals surface area contributed by atoms with E-state index in [1.54, 1.807) is 30.1 Å². The largest absolute Gasteiger partial charge is 0.299 e. The summed E-state index contributed by atoms with van der Waals surface area (Å²) in [4.78, 5) is 13.8. The number of likely N-dealkylation sites (N-methyl/N-ethyl adjacent to an activating group) is 1. The van der Waals surface area contributed by atoms with Crippen molar-refractivity contribution in [3.8, 4) is 10.6 Å². The van der Waals surface area contributed by atoms with E-state index in [2.05, 4.69) is 15.5 Å². The van der Waals surface area contributed by atoms with Gasteiger partial charge in [-0.2, -0.15) is 0 Å². The van der Waals surface area contributed by atoms with Crippen molar-refractivity contribution in [1.82, 2.24) is 15.1 Å². The minimum absolute atomic E-state index is 0.0504. The molecule has 2 aromatic rings. The summed E-state index contributed by atoms with van der Waals surface area (Å²) in [6.07, 6.45) is 0.530. The second kappa shape index (κ2) is 7.14. The molecule has 0 radical (unpaired) electrons. The number of benzene rings is 1. The first-order valence-electron chi connectivity index (χ1n) is 7.63. The number of aromatic nitrogens is 2. The highest BCUT2D eigenvalue weighted by molar-refractivity contribution is 7.91. The van der Waals surface area contributed by atoms with Gasteiger partial charge in [0.25, 0.3) is 0 Å². The van der Waals surface area contributed by atoms with Crippen LogP contribution in [0.15, 0.2) is 24.3 Å². The number of hydrogen-bond acceptors (Lipinski definition) is 7. The maximum Gasteiger partial charge on any atom is 0.240 e. The van der Waals surface area contributed by atoms with Crippen molar-refractivity contribution in [1.29, 1.82) is 0 Å². The Morgan fingerprint density at radius 3 is 2.84 bits per heavy atom. The summed E-state index contributed by atoms with van der Waals surface area (Å²) in [5.74, 6) is -0.485. The first-order valence-corrected chi connectivity index (χ1v) is 10.3. The van der Waals surface area contributed by atoms with Crippen LogP contribution in [0.5, 0.6) is 0 Å². The fourth-order valence-corrected chi connectivity index (χ4v) is 5.25. The van der Waals surface area contributed by atoms with E-state index in [9.17, 15) is 17.6 Å². The zero-order chi connectivity index (χ0) is 18.0. The highest BCUT2D eigenvalue weighted by Gasteiger charge is 2.31. The highest BCUT2D eigenvalue weighted by atomic mass is 32.2. The monoisotopic (exact) mass is 384 g/mol. The van der Waals surface area contributed by atoms with Gasteiger partial charge >= 0.3 is 0 Å². The molecule has 7 nitrogen and oxygen atoms in total. The number of hydrogen-bond donors (Lipinski definition) is 1. The van der Waals surface area contributed by atoms with Crippen LogP contribution in [-0.2, 0) is 14.6 Å². The van der Waals surface area contributed by atoms with Crippen LogP contribution in [0.25, 0.3) is 10.6 Å². The number of nitrogens with zero attached hydrogens (tertiary/aromatic N) is 3. The molecule has 0 aliphatic carbocycles. The fourth-order valence-electron chi connectivity index (χ4n) is 2.65. The lowest BCUT2D eigenvalue weighted by Crippen LogP contribution is -2.38. The summed E-state index contributed by atoms with van der Waals surface area (Å²) in [6.45, 7) is 0.0504. The molecular formula is C15H17FN4O3S2. The Kier molecular flexibility index (Phi) is 5.11. The summed E-state index contributed by atoms with van der Waals surface area (Å²) in [5.41, 5.74) is 0.328. The van der Waals surface area contributed by atoms with Gasteiger partial charge < -0.3 is 0 Å². The summed E-state index contributed by atoms with van der Waals surface area (Å²) in [7, 11) is -1.28. The predicted octanol–water partition coefficient (Wildman–Crippen LogP) is 1.40. The Hall–Kier alpha value is -1.91. The highest BCUT2D eigenvalue weighted by Crippen LogP contribution is 2.28. The van der Waals surface area contributed by atoms with E-state index >= 15 is 0 Å². The van der Waals surface area contributed by atoms with Crippen LogP contribution in [0, 0.1) is 5.82 Å². The first kappa shape index (κ1) is 17.9. The molecule has 1 fully saturated rings. The van der Waals surface area contributed by atoms with Crippen LogP contribution in [-0.4, -0.2) is 60.6 Å². The molecule has 1 amide bonds. The van der Waals surface area contributed by atoms with Crippen molar-refractivity contribution in [2.75, 3.05) is 30.4 Å². The maximum absolute atomic E-state index is 13.8. The van der Waals surface area contributed by atoms with Crippen molar-refractivity contribution >= 4 is 32.2 Å². The molecule has 1 aromatic heterocycles. The molecule has 1 N–H and O–H groups in total. The average molecular weight is 384 g/mol. The second-order valence-corrected chi connectivity index (χ2v) is 9.12. The van der Waals surface area contributed by atoms with Gasteiger partial charge in [0.1, 0.15) is 5.82 Å². The van der Waals surface area contributed by atoms with Gasteiger partial charge in [-0.15, -0.1) is 10.2 Å². The van der Waals surface area contributed by atoms with E-state index in [1.165, 1.54) is 6.07 Å². The normalized spacial score (nSPS) is 19.2. The minimum Gasteiger partial charge on any atom is -0.299 e. The molecular weight excluding hydrogens is 367 g/mol. The number of carbonyl (C=O) groups is 1. The van der Waals surface area contributed by atoms with Crippen LogP contribution < -0.4 is 5.32 Å². The Labute approximate surface area is 148 Å². The Bertz CT molecular complexity index is 884. The number of sulfone groups is 1. The van der Waals surface area contributed by atoms with Gasteiger partial charge in [0.15, 0.2) is 14.8 Å². The summed E-state index contributed by atoms with van der Waals surface area (Å²) in [5, 5.41) is 11.0. The van der Waals surface area contributed by atoms with E-state index in [1.807, 2.05) is 0 Å².